The standard InChI is InChI=1S/C34H33ClN6O4/c1-41-13-9-22(10-14-41)16-31(42)40-34-30(45-26-11-15-43-21-26)8-6-27-32(23(18-36)19-38-33(27)34)39-24-5-7-29(28(35)17-24)44-20-25-4-2-3-12-37-25/h2-8,12,16-17,19,26H,9-11,13-15,20-21H2,1H3,(H,38,39)(H,40,42). The van der Waals surface area contributed by atoms with Gasteiger partial charge in [0.1, 0.15) is 36.0 Å². The van der Waals surface area contributed by atoms with Crippen LogP contribution in [0.1, 0.15) is 30.5 Å². The summed E-state index contributed by atoms with van der Waals surface area (Å²) in [6, 6.07) is 16.8. The number of rotatable bonds is 9. The summed E-state index contributed by atoms with van der Waals surface area (Å²) in [5.41, 5.74) is 4.33. The summed E-state index contributed by atoms with van der Waals surface area (Å²) in [7, 11) is 2.08. The number of aromatic nitrogens is 2. The van der Waals surface area contributed by atoms with Crippen molar-refractivity contribution in [3.05, 3.63) is 88.9 Å². The van der Waals surface area contributed by atoms with Gasteiger partial charge in [0.2, 0.25) is 5.91 Å². The topological polar surface area (TPSA) is 122 Å². The van der Waals surface area contributed by atoms with Crippen LogP contribution in [0.4, 0.5) is 17.1 Å². The second-order valence-electron chi connectivity index (χ2n) is 11.1. The molecule has 45 heavy (non-hydrogen) atoms. The third-order valence-corrected chi connectivity index (χ3v) is 8.11. The van der Waals surface area contributed by atoms with Crippen molar-refractivity contribution in [1.29, 1.82) is 5.26 Å². The molecule has 10 nitrogen and oxygen atoms in total. The Labute approximate surface area is 266 Å². The molecule has 0 radical (unpaired) electrons. The summed E-state index contributed by atoms with van der Waals surface area (Å²) in [5, 5.41) is 17.4. The molecule has 0 saturated carbocycles. The molecule has 11 heteroatoms. The highest BCUT2D eigenvalue weighted by molar-refractivity contribution is 6.32. The number of pyridine rings is 2. The Balaban J connectivity index is 1.31. The van der Waals surface area contributed by atoms with Crippen LogP contribution in [0.3, 0.4) is 0 Å². The highest BCUT2D eigenvalue weighted by atomic mass is 35.5. The molecule has 230 valence electrons. The van der Waals surface area contributed by atoms with E-state index in [1.165, 1.54) is 6.20 Å². The van der Waals surface area contributed by atoms with Gasteiger partial charge in [0, 0.05) is 49.1 Å². The van der Waals surface area contributed by atoms with E-state index < -0.39 is 0 Å². The third-order valence-electron chi connectivity index (χ3n) is 7.82. The normalized spacial score (nSPS) is 16.6. The molecule has 1 unspecified atom stereocenters. The van der Waals surface area contributed by atoms with Gasteiger partial charge in [-0.05, 0) is 62.4 Å². The van der Waals surface area contributed by atoms with E-state index in [-0.39, 0.29) is 18.6 Å². The van der Waals surface area contributed by atoms with E-state index in [4.69, 9.17) is 25.8 Å². The number of hydrogen-bond donors (Lipinski definition) is 2. The molecule has 0 aliphatic carbocycles. The van der Waals surface area contributed by atoms with Crippen LogP contribution in [-0.2, 0) is 16.1 Å². The molecule has 1 amide bonds. The molecule has 0 bridgehead atoms. The highest BCUT2D eigenvalue weighted by Crippen LogP contribution is 2.39. The number of amides is 1. The molecule has 2 fully saturated rings. The van der Waals surface area contributed by atoms with Gasteiger partial charge in [-0.2, -0.15) is 5.26 Å². The Bertz CT molecular complexity index is 1760. The average Bonchev–Trinajstić information content (AvgIpc) is 3.57. The van der Waals surface area contributed by atoms with Crippen LogP contribution in [0.5, 0.6) is 11.5 Å². The second-order valence-corrected chi connectivity index (χ2v) is 11.5. The lowest BCUT2D eigenvalue weighted by atomic mass is 10.0. The Kier molecular flexibility index (Phi) is 9.41. The molecule has 1 atom stereocenters. The minimum Gasteiger partial charge on any atom is -0.486 e. The lowest BCUT2D eigenvalue weighted by Gasteiger charge is -2.24. The van der Waals surface area contributed by atoms with E-state index in [1.54, 1.807) is 30.5 Å². The molecule has 2 saturated heterocycles. The Hall–Kier alpha value is -4.69. The van der Waals surface area contributed by atoms with Crippen LogP contribution < -0.4 is 20.1 Å². The monoisotopic (exact) mass is 624 g/mol. The van der Waals surface area contributed by atoms with Crippen molar-refractivity contribution < 1.29 is 19.0 Å². The van der Waals surface area contributed by atoms with Crippen molar-refractivity contribution in [2.75, 3.05) is 44.0 Å². The van der Waals surface area contributed by atoms with Gasteiger partial charge < -0.3 is 29.7 Å². The first kappa shape index (κ1) is 30.3. The Morgan fingerprint density at radius 1 is 1.16 bits per heavy atom. The number of ether oxygens (including phenoxy) is 3. The number of nitriles is 1. The number of likely N-dealkylation sites (tertiary alicyclic amines) is 1. The molecule has 2 N–H and O–H groups in total. The minimum atomic E-state index is -0.247. The van der Waals surface area contributed by atoms with Gasteiger partial charge in [-0.3, -0.25) is 14.8 Å². The number of nitrogens with zero attached hydrogens (tertiary/aromatic N) is 4. The maximum Gasteiger partial charge on any atom is 0.248 e. The molecular weight excluding hydrogens is 592 g/mol. The zero-order valence-corrected chi connectivity index (χ0v) is 25.6. The number of benzene rings is 2. The van der Waals surface area contributed by atoms with Crippen LogP contribution in [0.25, 0.3) is 10.9 Å². The van der Waals surface area contributed by atoms with Crippen molar-refractivity contribution in [3.63, 3.8) is 0 Å². The number of halogens is 1. The summed E-state index contributed by atoms with van der Waals surface area (Å²) in [6.07, 6.45) is 7.17. The predicted octanol–water partition coefficient (Wildman–Crippen LogP) is 6.24. The first-order valence-corrected chi connectivity index (χ1v) is 15.2. The zero-order valence-electron chi connectivity index (χ0n) is 24.9. The van der Waals surface area contributed by atoms with Gasteiger partial charge in [0.25, 0.3) is 0 Å². The number of carbonyl (C=O) groups is 1. The van der Waals surface area contributed by atoms with E-state index >= 15 is 0 Å². The number of carbonyl (C=O) groups excluding carboxylic acids is 1. The number of hydrogen-bond acceptors (Lipinski definition) is 9. The fourth-order valence-electron chi connectivity index (χ4n) is 5.34. The predicted molar refractivity (Wildman–Crippen MR) is 173 cm³/mol. The number of fused-ring (bicyclic) bond motifs is 1. The van der Waals surface area contributed by atoms with Crippen molar-refractivity contribution in [2.24, 2.45) is 0 Å². The van der Waals surface area contributed by atoms with E-state index in [0.29, 0.717) is 63.3 Å². The lowest BCUT2D eigenvalue weighted by molar-refractivity contribution is -0.112. The van der Waals surface area contributed by atoms with Gasteiger partial charge in [0.15, 0.2) is 0 Å². The molecule has 4 heterocycles. The molecule has 2 aliphatic heterocycles. The van der Waals surface area contributed by atoms with Crippen molar-refractivity contribution in [3.8, 4) is 17.6 Å². The van der Waals surface area contributed by atoms with E-state index in [0.717, 1.165) is 43.6 Å². The van der Waals surface area contributed by atoms with E-state index in [1.807, 2.05) is 30.3 Å². The van der Waals surface area contributed by atoms with Crippen LogP contribution in [0.15, 0.2) is 72.6 Å². The zero-order chi connectivity index (χ0) is 31.2. The van der Waals surface area contributed by atoms with Gasteiger partial charge in [0.05, 0.1) is 40.7 Å². The van der Waals surface area contributed by atoms with Gasteiger partial charge >= 0.3 is 0 Å². The van der Waals surface area contributed by atoms with Crippen molar-refractivity contribution in [1.82, 2.24) is 14.9 Å². The van der Waals surface area contributed by atoms with Crippen LogP contribution in [-0.4, -0.2) is 60.2 Å². The molecule has 2 aromatic heterocycles. The van der Waals surface area contributed by atoms with Crippen molar-refractivity contribution in [2.45, 2.75) is 32.0 Å². The summed E-state index contributed by atoms with van der Waals surface area (Å²) < 4.78 is 17.7. The fraction of sp³-hybridized carbons (Fsp3) is 0.294. The molecule has 4 aromatic rings. The highest BCUT2D eigenvalue weighted by Gasteiger charge is 2.23. The Morgan fingerprint density at radius 2 is 2.00 bits per heavy atom. The first-order valence-electron chi connectivity index (χ1n) is 14.9. The third kappa shape index (κ3) is 7.35. The smallest absolute Gasteiger partial charge is 0.248 e. The molecule has 6 rings (SSSR count). The van der Waals surface area contributed by atoms with E-state index in [9.17, 15) is 10.1 Å². The summed E-state index contributed by atoms with van der Waals surface area (Å²) in [4.78, 5) is 24.4. The van der Waals surface area contributed by atoms with Gasteiger partial charge in [-0.15, -0.1) is 0 Å². The quantitative estimate of drug-likeness (QED) is 0.209. The van der Waals surface area contributed by atoms with Crippen molar-refractivity contribution >= 4 is 45.5 Å². The van der Waals surface area contributed by atoms with E-state index in [2.05, 4.69) is 38.6 Å². The summed E-state index contributed by atoms with van der Waals surface area (Å²) in [5.74, 6) is 0.756. The summed E-state index contributed by atoms with van der Waals surface area (Å²) in [6.45, 7) is 3.20. The first-order chi connectivity index (χ1) is 22.0. The largest absolute Gasteiger partial charge is 0.486 e. The SMILES string of the molecule is CN1CCC(=CC(=O)Nc2c(OC3CCOC3)ccc3c(Nc4ccc(OCc5ccccn5)c(Cl)c4)c(C#N)cnc23)CC1. The molecular formula is C34H33ClN6O4. The lowest BCUT2D eigenvalue weighted by Crippen LogP contribution is -2.27. The summed E-state index contributed by atoms with van der Waals surface area (Å²) >= 11 is 6.58. The van der Waals surface area contributed by atoms with Gasteiger partial charge in [-0.25, -0.2) is 0 Å². The number of nitrogens with one attached hydrogen (secondary N) is 2. The Morgan fingerprint density at radius 3 is 2.73 bits per heavy atom. The van der Waals surface area contributed by atoms with Crippen LogP contribution in [0.2, 0.25) is 5.02 Å². The maximum atomic E-state index is 13.3. The molecule has 0 spiro atoms. The molecule has 2 aromatic carbocycles. The maximum absolute atomic E-state index is 13.3. The number of piperidine rings is 1. The fourth-order valence-corrected chi connectivity index (χ4v) is 5.58. The second kappa shape index (κ2) is 13.9. The minimum absolute atomic E-state index is 0.137. The number of anilines is 3. The van der Waals surface area contributed by atoms with Crippen LogP contribution >= 0.6 is 11.6 Å². The van der Waals surface area contributed by atoms with Crippen LogP contribution in [0, 0.1) is 11.3 Å². The molecule has 2 aliphatic rings. The van der Waals surface area contributed by atoms with Gasteiger partial charge in [-0.1, -0.05) is 23.2 Å². The average molecular weight is 625 g/mol.